The Morgan fingerprint density at radius 2 is 2.20 bits per heavy atom. The molecule has 1 heterocycles. The van der Waals surface area contributed by atoms with Gasteiger partial charge in [-0.05, 0) is 12.1 Å². The third-order valence-corrected chi connectivity index (χ3v) is 4.01. The van der Waals surface area contributed by atoms with E-state index in [0.29, 0.717) is 23.7 Å². The fourth-order valence-corrected chi connectivity index (χ4v) is 2.65. The second-order valence-corrected chi connectivity index (χ2v) is 5.76. The van der Waals surface area contributed by atoms with Crippen molar-refractivity contribution in [1.82, 2.24) is 9.97 Å². The van der Waals surface area contributed by atoms with E-state index in [0.717, 1.165) is 0 Å². The highest BCUT2D eigenvalue weighted by Gasteiger charge is 2.18. The predicted molar refractivity (Wildman–Crippen MR) is 76.2 cm³/mol. The maximum Gasteiger partial charge on any atom is 0.279 e. The molecule has 7 nitrogen and oxygen atoms in total. The van der Waals surface area contributed by atoms with Crippen molar-refractivity contribution in [3.05, 3.63) is 30.2 Å². The average Bonchev–Trinajstić information content (AvgIpc) is 2.90. The van der Waals surface area contributed by atoms with Crippen LogP contribution in [-0.4, -0.2) is 25.5 Å². The molecule has 0 amide bonds. The van der Waals surface area contributed by atoms with E-state index in [1.165, 1.54) is 13.3 Å². The number of rotatable bonds is 5. The Kier molecular flexibility index (Phi) is 3.84. The number of imidazole rings is 1. The van der Waals surface area contributed by atoms with Gasteiger partial charge in [-0.25, -0.2) is 4.98 Å². The molecular formula is C12H16N4O3S. The number of H-pyrrole nitrogens is 1. The van der Waals surface area contributed by atoms with Gasteiger partial charge < -0.3 is 15.5 Å². The second kappa shape index (κ2) is 5.41. The summed E-state index contributed by atoms with van der Waals surface area (Å²) in [5.41, 5.74) is 6.35. The van der Waals surface area contributed by atoms with Crippen molar-refractivity contribution >= 4 is 21.4 Å². The van der Waals surface area contributed by atoms with Crippen LogP contribution in [-0.2, 0) is 16.4 Å². The van der Waals surface area contributed by atoms with Crippen molar-refractivity contribution in [2.24, 2.45) is 0 Å². The van der Waals surface area contributed by atoms with E-state index in [9.17, 15) is 8.42 Å². The highest BCUT2D eigenvalue weighted by molar-refractivity contribution is 7.92. The number of nitrogens with two attached hydrogens (primary N) is 1. The molecule has 0 spiro atoms. The number of hydrogen-bond acceptors (Lipinski definition) is 5. The molecule has 0 saturated carbocycles. The highest BCUT2D eigenvalue weighted by atomic mass is 32.2. The number of nitrogens with one attached hydrogen (secondary N) is 2. The minimum absolute atomic E-state index is 0.00423. The highest BCUT2D eigenvalue weighted by Crippen LogP contribution is 2.26. The zero-order valence-corrected chi connectivity index (χ0v) is 12.0. The molecule has 2 rings (SSSR count). The first-order chi connectivity index (χ1) is 9.46. The number of sulfonamides is 1. The number of nitrogens with zero attached hydrogens (tertiary/aromatic N) is 1. The number of benzene rings is 1. The zero-order valence-electron chi connectivity index (χ0n) is 11.2. The maximum absolute atomic E-state index is 12.2. The van der Waals surface area contributed by atoms with Gasteiger partial charge in [0.2, 0.25) is 0 Å². The molecule has 20 heavy (non-hydrogen) atoms. The standard InChI is InChI=1S/C12H16N4O3S/c1-3-11-14-7-12(15-11)20(17,18)16-10-5-4-8(19-2)6-9(10)13/h4-7,16H,3,13H2,1-2H3,(H,14,15). The van der Waals surface area contributed by atoms with Crippen LogP contribution in [0.1, 0.15) is 12.7 Å². The average molecular weight is 296 g/mol. The fraction of sp³-hybridized carbons (Fsp3) is 0.250. The van der Waals surface area contributed by atoms with Crippen molar-refractivity contribution in [3.8, 4) is 5.75 Å². The number of anilines is 2. The minimum Gasteiger partial charge on any atom is -0.497 e. The van der Waals surface area contributed by atoms with Crippen LogP contribution in [0.3, 0.4) is 0 Å². The summed E-state index contributed by atoms with van der Waals surface area (Å²) in [6, 6.07) is 4.71. The lowest BCUT2D eigenvalue weighted by Crippen LogP contribution is -2.14. The van der Waals surface area contributed by atoms with Crippen LogP contribution in [0, 0.1) is 0 Å². The van der Waals surface area contributed by atoms with Gasteiger partial charge in [-0.1, -0.05) is 6.92 Å². The largest absolute Gasteiger partial charge is 0.497 e. The molecule has 4 N–H and O–H groups in total. The van der Waals surface area contributed by atoms with Crippen molar-refractivity contribution < 1.29 is 13.2 Å². The predicted octanol–water partition coefficient (Wildman–Crippen LogP) is 1.36. The quantitative estimate of drug-likeness (QED) is 0.722. The summed E-state index contributed by atoms with van der Waals surface area (Å²) in [6.07, 6.45) is 1.90. The van der Waals surface area contributed by atoms with Gasteiger partial charge in [-0.2, -0.15) is 8.42 Å². The third kappa shape index (κ3) is 2.85. The van der Waals surface area contributed by atoms with Crippen LogP contribution in [0.2, 0.25) is 0 Å². The Labute approximate surface area is 117 Å². The van der Waals surface area contributed by atoms with E-state index in [2.05, 4.69) is 14.7 Å². The number of ether oxygens (including phenoxy) is 1. The molecule has 0 bridgehead atoms. The van der Waals surface area contributed by atoms with Crippen LogP contribution >= 0.6 is 0 Å². The van der Waals surface area contributed by atoms with E-state index < -0.39 is 10.0 Å². The lowest BCUT2D eigenvalue weighted by molar-refractivity contribution is 0.415. The van der Waals surface area contributed by atoms with Gasteiger partial charge in [0, 0.05) is 12.5 Å². The molecular weight excluding hydrogens is 280 g/mol. The molecule has 0 aliphatic carbocycles. The number of aryl methyl sites for hydroxylation is 1. The summed E-state index contributed by atoms with van der Waals surface area (Å²) in [5.74, 6) is 1.16. The number of nitrogen functional groups attached to an aromatic ring is 1. The summed E-state index contributed by atoms with van der Waals surface area (Å²) in [7, 11) is -2.22. The number of methoxy groups -OCH3 is 1. The first kappa shape index (κ1) is 14.2. The monoisotopic (exact) mass is 296 g/mol. The topological polar surface area (TPSA) is 110 Å². The molecule has 0 unspecified atom stereocenters. The van der Waals surface area contributed by atoms with E-state index in [-0.39, 0.29) is 10.7 Å². The maximum atomic E-state index is 12.2. The Bertz CT molecular complexity index is 709. The van der Waals surface area contributed by atoms with Crippen LogP contribution in [0.25, 0.3) is 0 Å². The van der Waals surface area contributed by atoms with Gasteiger partial charge in [0.25, 0.3) is 10.0 Å². The number of aromatic nitrogens is 2. The second-order valence-electron chi connectivity index (χ2n) is 4.11. The van der Waals surface area contributed by atoms with Gasteiger partial charge in [0.15, 0.2) is 5.03 Å². The molecule has 0 aliphatic heterocycles. The van der Waals surface area contributed by atoms with Crippen LogP contribution in [0.5, 0.6) is 5.75 Å². The van der Waals surface area contributed by atoms with Gasteiger partial charge >= 0.3 is 0 Å². The summed E-state index contributed by atoms with van der Waals surface area (Å²) in [6.45, 7) is 1.88. The van der Waals surface area contributed by atoms with Crippen molar-refractivity contribution in [2.45, 2.75) is 18.4 Å². The molecule has 1 aromatic heterocycles. The summed E-state index contributed by atoms with van der Waals surface area (Å²) in [5, 5.41) is 0.00423. The molecule has 0 fully saturated rings. The SMILES string of the molecule is CCc1ncc(S(=O)(=O)Nc2ccc(OC)cc2N)[nH]1. The van der Waals surface area contributed by atoms with Crippen LogP contribution < -0.4 is 15.2 Å². The molecule has 1 aromatic carbocycles. The first-order valence-corrected chi connectivity index (χ1v) is 7.44. The van der Waals surface area contributed by atoms with E-state index in [1.54, 1.807) is 18.2 Å². The van der Waals surface area contributed by atoms with Gasteiger partial charge in [0.05, 0.1) is 24.7 Å². The smallest absolute Gasteiger partial charge is 0.279 e. The minimum atomic E-state index is -3.73. The zero-order chi connectivity index (χ0) is 14.8. The van der Waals surface area contributed by atoms with E-state index in [4.69, 9.17) is 10.5 Å². The van der Waals surface area contributed by atoms with Crippen molar-refractivity contribution in [1.29, 1.82) is 0 Å². The summed E-state index contributed by atoms with van der Waals surface area (Å²) >= 11 is 0. The summed E-state index contributed by atoms with van der Waals surface area (Å²) < 4.78 is 31.8. The Morgan fingerprint density at radius 1 is 1.45 bits per heavy atom. The molecule has 2 aromatic rings. The Morgan fingerprint density at radius 3 is 2.75 bits per heavy atom. The van der Waals surface area contributed by atoms with Crippen LogP contribution in [0.15, 0.2) is 29.4 Å². The molecule has 8 heteroatoms. The summed E-state index contributed by atoms with van der Waals surface area (Å²) in [4.78, 5) is 6.70. The normalized spacial score (nSPS) is 11.3. The van der Waals surface area contributed by atoms with E-state index >= 15 is 0 Å². The van der Waals surface area contributed by atoms with Crippen molar-refractivity contribution in [3.63, 3.8) is 0 Å². The van der Waals surface area contributed by atoms with Crippen molar-refractivity contribution in [2.75, 3.05) is 17.6 Å². The lowest BCUT2D eigenvalue weighted by Gasteiger charge is -2.10. The number of aromatic amines is 1. The van der Waals surface area contributed by atoms with Crippen LogP contribution in [0.4, 0.5) is 11.4 Å². The molecule has 0 radical (unpaired) electrons. The van der Waals surface area contributed by atoms with Gasteiger partial charge in [0.1, 0.15) is 11.6 Å². The lowest BCUT2D eigenvalue weighted by atomic mass is 10.2. The Hall–Kier alpha value is -2.22. The number of hydrogen-bond donors (Lipinski definition) is 3. The molecule has 0 aliphatic rings. The molecule has 108 valence electrons. The Balaban J connectivity index is 2.28. The molecule has 0 atom stereocenters. The molecule has 0 saturated heterocycles. The fourth-order valence-electron chi connectivity index (χ4n) is 1.62. The van der Waals surface area contributed by atoms with Gasteiger partial charge in [-0.3, -0.25) is 4.72 Å². The van der Waals surface area contributed by atoms with E-state index in [1.807, 2.05) is 6.92 Å². The van der Waals surface area contributed by atoms with Gasteiger partial charge in [-0.15, -0.1) is 0 Å². The first-order valence-electron chi connectivity index (χ1n) is 5.96. The third-order valence-electron chi connectivity index (χ3n) is 2.73.